The van der Waals surface area contributed by atoms with Gasteiger partial charge >= 0.3 is 0 Å². The Kier molecular flexibility index (Phi) is 9.91. The third kappa shape index (κ3) is 5.58. The van der Waals surface area contributed by atoms with Gasteiger partial charge in [0.2, 0.25) is 0 Å². The number of unbranched alkanes of at least 4 members (excludes halogenated alkanes) is 1. The molecule has 0 atom stereocenters. The Morgan fingerprint density at radius 3 is 1.02 bits per heavy atom. The number of halogens is 2. The molecule has 2 aliphatic heterocycles. The molecule has 10 heteroatoms. The quantitative estimate of drug-likeness (QED) is 0.139. The molecule has 0 spiro atoms. The second-order valence-corrected chi connectivity index (χ2v) is 13.0. The summed E-state index contributed by atoms with van der Waals surface area (Å²) in [7, 11) is 0. The predicted octanol–water partition coefficient (Wildman–Crippen LogP) is 5.67. The van der Waals surface area contributed by atoms with Crippen LogP contribution in [0.15, 0.2) is 48.5 Å². The first kappa shape index (κ1) is 34.1. The van der Waals surface area contributed by atoms with Crippen LogP contribution in [0.5, 0.6) is 0 Å². The van der Waals surface area contributed by atoms with Gasteiger partial charge < -0.3 is 10.6 Å². The molecule has 0 saturated heterocycles. The molecular formula is C38H40Cl2N4O4. The number of benzene rings is 4. The maximum absolute atomic E-state index is 13.2. The average Bonchev–Trinajstić information content (AvgIpc) is 3.70. The minimum Gasteiger partial charge on any atom is -0.317 e. The first-order chi connectivity index (χ1) is 22.5. The third-order valence-electron chi connectivity index (χ3n) is 10.3. The number of nitrogens with zero attached hydrogens (tertiary/aromatic N) is 2. The lowest BCUT2D eigenvalue weighted by atomic mass is 9.91. The molecule has 0 radical (unpaired) electrons. The van der Waals surface area contributed by atoms with E-state index < -0.39 is 0 Å². The summed E-state index contributed by atoms with van der Waals surface area (Å²) >= 11 is 0. The molecule has 4 aromatic carbocycles. The maximum Gasteiger partial charge on any atom is 0.261 e. The first-order valence-electron chi connectivity index (χ1n) is 16.8. The maximum atomic E-state index is 13.2. The molecule has 4 amide bonds. The van der Waals surface area contributed by atoms with Crippen LogP contribution in [0.2, 0.25) is 0 Å². The van der Waals surface area contributed by atoms with E-state index in [4.69, 9.17) is 0 Å². The van der Waals surface area contributed by atoms with Gasteiger partial charge in [-0.15, -0.1) is 24.8 Å². The van der Waals surface area contributed by atoms with E-state index in [0.717, 1.165) is 86.2 Å². The van der Waals surface area contributed by atoms with E-state index in [1.807, 2.05) is 24.3 Å². The van der Waals surface area contributed by atoms with Gasteiger partial charge in [0, 0.05) is 46.1 Å². The average molecular weight is 688 g/mol. The fraction of sp³-hybridized carbons (Fsp3) is 0.368. The number of imide groups is 2. The molecule has 2 aliphatic carbocycles. The van der Waals surface area contributed by atoms with Crippen LogP contribution in [-0.2, 0) is 25.7 Å². The Morgan fingerprint density at radius 1 is 0.417 bits per heavy atom. The molecule has 48 heavy (non-hydrogen) atoms. The minimum absolute atomic E-state index is 0. The molecule has 4 aliphatic rings. The van der Waals surface area contributed by atoms with Crippen LogP contribution < -0.4 is 10.6 Å². The first-order valence-corrected chi connectivity index (χ1v) is 16.8. The van der Waals surface area contributed by atoms with Gasteiger partial charge in [-0.3, -0.25) is 29.0 Å². The van der Waals surface area contributed by atoms with E-state index in [1.54, 1.807) is 0 Å². The van der Waals surface area contributed by atoms with Crippen LogP contribution in [0.1, 0.15) is 89.4 Å². The van der Waals surface area contributed by atoms with Crippen molar-refractivity contribution >= 4 is 70.0 Å². The number of hydrogen-bond acceptors (Lipinski definition) is 6. The van der Waals surface area contributed by atoms with Crippen molar-refractivity contribution < 1.29 is 19.2 Å². The largest absolute Gasteiger partial charge is 0.317 e. The normalized spacial score (nSPS) is 15.5. The topological polar surface area (TPSA) is 98.8 Å². The van der Waals surface area contributed by atoms with Crippen molar-refractivity contribution in [3.63, 3.8) is 0 Å². The molecule has 2 N–H and O–H groups in total. The van der Waals surface area contributed by atoms with E-state index in [9.17, 15) is 19.2 Å². The molecule has 0 bridgehead atoms. The van der Waals surface area contributed by atoms with Crippen molar-refractivity contribution in [3.05, 3.63) is 93.0 Å². The molecule has 0 unspecified atom stereocenters. The van der Waals surface area contributed by atoms with Gasteiger partial charge in [0.05, 0.1) is 0 Å². The second-order valence-electron chi connectivity index (χ2n) is 13.0. The van der Waals surface area contributed by atoms with Gasteiger partial charge in [0.25, 0.3) is 23.6 Å². The molecule has 8 nitrogen and oxygen atoms in total. The molecule has 0 fully saturated rings. The molecule has 0 saturated carbocycles. The SMILES string of the molecule is Cl.Cl.O=C1c2ccc3c4c(ccc(c24)C(=O)N1CCCNCCCCNCCCN1C(=O)c2ccc4c5c(ccc(c25)C1=O)CC4)CC3. The number of hydrogen-bond donors (Lipinski definition) is 2. The Bertz CT molecular complexity index is 1720. The van der Waals surface area contributed by atoms with E-state index in [-0.39, 0.29) is 48.4 Å². The van der Waals surface area contributed by atoms with Gasteiger partial charge in [-0.05, 0) is 135 Å². The molecular weight excluding hydrogens is 647 g/mol. The Hall–Kier alpha value is -3.82. The number of carbonyl (C=O) groups is 4. The second kappa shape index (κ2) is 14.0. The summed E-state index contributed by atoms with van der Waals surface area (Å²) in [6, 6.07) is 15.8. The van der Waals surface area contributed by atoms with Crippen LogP contribution in [0, 0.1) is 0 Å². The summed E-state index contributed by atoms with van der Waals surface area (Å²) in [6.07, 6.45) is 7.31. The Labute approximate surface area is 292 Å². The number of aryl methyl sites for hydroxylation is 4. The highest BCUT2D eigenvalue weighted by Gasteiger charge is 2.36. The van der Waals surface area contributed by atoms with Crippen LogP contribution in [0.25, 0.3) is 21.5 Å². The fourth-order valence-corrected chi connectivity index (χ4v) is 8.02. The Morgan fingerprint density at radius 2 is 0.708 bits per heavy atom. The summed E-state index contributed by atoms with van der Waals surface area (Å²) in [6.45, 7) is 4.01. The lowest BCUT2D eigenvalue weighted by molar-refractivity contribution is 0.0593. The number of carbonyl (C=O) groups excluding carboxylic acids is 4. The zero-order valence-corrected chi connectivity index (χ0v) is 28.5. The van der Waals surface area contributed by atoms with Gasteiger partial charge in [-0.2, -0.15) is 0 Å². The van der Waals surface area contributed by atoms with E-state index in [2.05, 4.69) is 34.9 Å². The van der Waals surface area contributed by atoms with E-state index in [1.165, 1.54) is 32.1 Å². The van der Waals surface area contributed by atoms with Crippen molar-refractivity contribution in [1.82, 2.24) is 20.4 Å². The van der Waals surface area contributed by atoms with Crippen molar-refractivity contribution in [2.45, 2.75) is 51.4 Å². The van der Waals surface area contributed by atoms with Crippen molar-refractivity contribution in [2.75, 3.05) is 39.3 Å². The lowest BCUT2D eigenvalue weighted by Gasteiger charge is -2.27. The van der Waals surface area contributed by atoms with Gasteiger partial charge in [-0.25, -0.2) is 0 Å². The standard InChI is InChI=1S/C38H38N4O4.2ClH/c43-35-27-13-9-23-5-6-24-10-14-28(33(27)31(23)24)36(44)41(35)21-3-19-39-17-1-2-18-40-20-4-22-42-37(45)29-15-11-25-7-8-26-12-16-30(38(42)46)34(29)32(25)26;;/h9-16,39-40H,1-8,17-22H2;2*1H. The van der Waals surface area contributed by atoms with Crippen molar-refractivity contribution in [3.8, 4) is 0 Å². The smallest absolute Gasteiger partial charge is 0.261 e. The minimum atomic E-state index is -0.178. The zero-order chi connectivity index (χ0) is 31.4. The van der Waals surface area contributed by atoms with Crippen LogP contribution >= 0.6 is 24.8 Å². The molecule has 8 rings (SSSR count). The predicted molar refractivity (Wildman–Crippen MR) is 192 cm³/mol. The van der Waals surface area contributed by atoms with Gasteiger partial charge in [-0.1, -0.05) is 24.3 Å². The van der Waals surface area contributed by atoms with Crippen molar-refractivity contribution in [1.29, 1.82) is 0 Å². The molecule has 4 aromatic rings. The summed E-state index contributed by atoms with van der Waals surface area (Å²) in [5.41, 5.74) is 7.59. The number of nitrogens with one attached hydrogen (secondary N) is 2. The summed E-state index contributed by atoms with van der Waals surface area (Å²) < 4.78 is 0. The molecule has 2 heterocycles. The number of amides is 4. The van der Waals surface area contributed by atoms with Crippen LogP contribution in [0.4, 0.5) is 0 Å². The highest BCUT2D eigenvalue weighted by Crippen LogP contribution is 2.39. The lowest BCUT2D eigenvalue weighted by Crippen LogP contribution is -2.41. The van der Waals surface area contributed by atoms with E-state index >= 15 is 0 Å². The highest BCUT2D eigenvalue weighted by atomic mass is 35.5. The summed E-state index contributed by atoms with van der Waals surface area (Å²) in [5, 5.41) is 10.8. The zero-order valence-electron chi connectivity index (χ0n) is 26.9. The van der Waals surface area contributed by atoms with Crippen molar-refractivity contribution in [2.24, 2.45) is 0 Å². The third-order valence-corrected chi connectivity index (χ3v) is 10.3. The van der Waals surface area contributed by atoms with Crippen LogP contribution in [0.3, 0.4) is 0 Å². The molecule has 0 aromatic heterocycles. The Balaban J connectivity index is 0.00000201. The molecule has 250 valence electrons. The summed E-state index contributed by atoms with van der Waals surface area (Å²) in [4.78, 5) is 55.8. The summed E-state index contributed by atoms with van der Waals surface area (Å²) in [5.74, 6) is -0.711. The van der Waals surface area contributed by atoms with Crippen LogP contribution in [-0.4, -0.2) is 72.7 Å². The fourth-order valence-electron chi connectivity index (χ4n) is 8.02. The number of rotatable bonds is 13. The van der Waals surface area contributed by atoms with Gasteiger partial charge in [0.1, 0.15) is 0 Å². The van der Waals surface area contributed by atoms with E-state index in [0.29, 0.717) is 48.2 Å². The highest BCUT2D eigenvalue weighted by molar-refractivity contribution is 6.27. The van der Waals surface area contributed by atoms with Gasteiger partial charge in [0.15, 0.2) is 0 Å². The monoisotopic (exact) mass is 686 g/mol.